The summed E-state index contributed by atoms with van der Waals surface area (Å²) < 4.78 is 10.7. The summed E-state index contributed by atoms with van der Waals surface area (Å²) in [6, 6.07) is 0. The number of carbonyl (C=O) groups excluding carboxylic acids is 1. The fourth-order valence-electron chi connectivity index (χ4n) is 0.782. The molecule has 1 N–H and O–H groups in total. The van der Waals surface area contributed by atoms with E-state index in [0.29, 0.717) is 5.57 Å². The van der Waals surface area contributed by atoms with Crippen LogP contribution in [-0.4, -0.2) is 35.5 Å². The molecule has 0 heterocycles. The molecule has 0 radical (unpaired) electrons. The third-order valence-electron chi connectivity index (χ3n) is 1.91. The topological polar surface area (TPSA) is 55.8 Å². The number of carbonyl (C=O) groups is 1. The van der Waals surface area contributed by atoms with Gasteiger partial charge in [0.15, 0.2) is 0 Å². The molecule has 16 heavy (non-hydrogen) atoms. The molecule has 0 rings (SSSR count). The zero-order valence-electron chi connectivity index (χ0n) is 10.8. The zero-order valence-corrected chi connectivity index (χ0v) is 10.8. The van der Waals surface area contributed by atoms with E-state index in [1.807, 2.05) is 0 Å². The van der Waals surface area contributed by atoms with Gasteiger partial charge in [-0.1, -0.05) is 6.58 Å². The van der Waals surface area contributed by atoms with Crippen molar-refractivity contribution in [1.29, 1.82) is 0 Å². The number of hydrogen-bond acceptors (Lipinski definition) is 4. The lowest BCUT2D eigenvalue weighted by Crippen LogP contribution is -2.39. The summed E-state index contributed by atoms with van der Waals surface area (Å²) in [5.74, 6) is -0.435. The average molecular weight is 230 g/mol. The molecule has 0 fully saturated rings. The van der Waals surface area contributed by atoms with Crippen LogP contribution in [0.3, 0.4) is 0 Å². The molecular weight excluding hydrogens is 208 g/mol. The minimum absolute atomic E-state index is 0.0858. The normalized spacial score (nSPS) is 12.4. The molecule has 4 nitrogen and oxygen atoms in total. The van der Waals surface area contributed by atoms with E-state index in [1.165, 1.54) is 0 Å². The largest absolute Gasteiger partial charge is 0.454 e. The minimum Gasteiger partial charge on any atom is -0.454 e. The maximum atomic E-state index is 11.3. The first-order valence-electron chi connectivity index (χ1n) is 5.23. The Kier molecular flexibility index (Phi) is 5.16. The van der Waals surface area contributed by atoms with E-state index < -0.39 is 17.2 Å². The molecule has 0 aliphatic carbocycles. The summed E-state index contributed by atoms with van der Waals surface area (Å²) in [4.78, 5) is 11.3. The van der Waals surface area contributed by atoms with Crippen molar-refractivity contribution in [2.24, 2.45) is 0 Å². The van der Waals surface area contributed by atoms with Gasteiger partial charge in [0.25, 0.3) is 0 Å². The van der Waals surface area contributed by atoms with Gasteiger partial charge in [-0.25, -0.2) is 4.79 Å². The molecule has 0 aliphatic heterocycles. The summed E-state index contributed by atoms with van der Waals surface area (Å²) in [6.45, 7) is 12.3. The summed E-state index contributed by atoms with van der Waals surface area (Å²) in [6.07, 6.45) is 0. The van der Waals surface area contributed by atoms with Crippen LogP contribution in [0.2, 0.25) is 0 Å². The van der Waals surface area contributed by atoms with Gasteiger partial charge in [0, 0.05) is 5.57 Å². The Labute approximate surface area is 97.2 Å². The highest BCUT2D eigenvalue weighted by Gasteiger charge is 2.27. The molecule has 0 aromatic heterocycles. The molecule has 0 aromatic rings. The zero-order chi connectivity index (χ0) is 13.0. The molecule has 4 heteroatoms. The molecule has 0 unspecified atom stereocenters. The predicted molar refractivity (Wildman–Crippen MR) is 62.1 cm³/mol. The van der Waals surface area contributed by atoms with E-state index >= 15 is 0 Å². The van der Waals surface area contributed by atoms with Crippen LogP contribution in [0, 0.1) is 0 Å². The van der Waals surface area contributed by atoms with Gasteiger partial charge in [-0.15, -0.1) is 0 Å². The Morgan fingerprint density at radius 3 is 2.12 bits per heavy atom. The lowest BCUT2D eigenvalue weighted by atomic mass is 10.1. The van der Waals surface area contributed by atoms with E-state index in [2.05, 4.69) is 6.58 Å². The van der Waals surface area contributed by atoms with Crippen molar-refractivity contribution in [3.8, 4) is 0 Å². The first-order valence-corrected chi connectivity index (χ1v) is 5.23. The predicted octanol–water partition coefficient (Wildman–Crippen LogP) is 1.67. The molecule has 0 aromatic carbocycles. The molecule has 0 saturated heterocycles. The second-order valence-electron chi connectivity index (χ2n) is 5.14. The summed E-state index contributed by atoms with van der Waals surface area (Å²) in [5, 5.41) is 9.01. The van der Waals surface area contributed by atoms with Crippen molar-refractivity contribution in [3.63, 3.8) is 0 Å². The van der Waals surface area contributed by atoms with Crippen LogP contribution < -0.4 is 0 Å². The van der Waals surface area contributed by atoms with E-state index in [0.717, 1.165) is 0 Å². The highest BCUT2D eigenvalue weighted by atomic mass is 16.6. The molecule has 94 valence electrons. The van der Waals surface area contributed by atoms with Gasteiger partial charge in [0.1, 0.15) is 5.60 Å². The molecule has 0 amide bonds. The Bertz CT molecular complexity index is 266. The number of aliphatic hydroxyl groups excluding tert-OH is 1. The Morgan fingerprint density at radius 1 is 1.25 bits per heavy atom. The first kappa shape index (κ1) is 15.1. The third kappa shape index (κ3) is 5.88. The van der Waals surface area contributed by atoms with Gasteiger partial charge >= 0.3 is 5.97 Å². The van der Waals surface area contributed by atoms with E-state index in [9.17, 15) is 4.79 Å². The van der Waals surface area contributed by atoms with E-state index in [4.69, 9.17) is 14.6 Å². The highest BCUT2D eigenvalue weighted by Crippen LogP contribution is 2.17. The molecule has 0 spiro atoms. The standard InChI is InChI=1S/C12H22O4/c1-9(2)10(14)16-12(5,6)8-15-11(3,4)7-13/h13H,1,7-8H2,2-6H3. The molecule has 0 atom stereocenters. The minimum atomic E-state index is -0.734. The fourth-order valence-corrected chi connectivity index (χ4v) is 0.782. The number of ether oxygens (including phenoxy) is 2. The van der Waals surface area contributed by atoms with Crippen LogP contribution in [0.5, 0.6) is 0 Å². The quantitative estimate of drug-likeness (QED) is 0.557. The highest BCUT2D eigenvalue weighted by molar-refractivity contribution is 5.87. The van der Waals surface area contributed by atoms with Crippen LogP contribution in [0.15, 0.2) is 12.2 Å². The second-order valence-corrected chi connectivity index (χ2v) is 5.14. The number of aliphatic hydroxyl groups is 1. The van der Waals surface area contributed by atoms with E-state index in [1.54, 1.807) is 34.6 Å². The second kappa shape index (κ2) is 5.46. The maximum absolute atomic E-state index is 11.3. The van der Waals surface area contributed by atoms with Gasteiger partial charge < -0.3 is 14.6 Å². The van der Waals surface area contributed by atoms with Gasteiger partial charge in [0.2, 0.25) is 0 Å². The van der Waals surface area contributed by atoms with Crippen LogP contribution in [0.1, 0.15) is 34.6 Å². The Balaban J connectivity index is 4.25. The van der Waals surface area contributed by atoms with Gasteiger partial charge in [-0.2, -0.15) is 0 Å². The molecule has 0 bridgehead atoms. The monoisotopic (exact) mass is 230 g/mol. The number of rotatable bonds is 6. The Hall–Kier alpha value is -0.870. The maximum Gasteiger partial charge on any atom is 0.333 e. The molecule has 0 saturated carbocycles. The number of hydrogen-bond donors (Lipinski definition) is 1. The average Bonchev–Trinajstić information content (AvgIpc) is 2.14. The van der Waals surface area contributed by atoms with Gasteiger partial charge in [0.05, 0.1) is 18.8 Å². The van der Waals surface area contributed by atoms with Crippen LogP contribution >= 0.6 is 0 Å². The van der Waals surface area contributed by atoms with Gasteiger partial charge in [-0.3, -0.25) is 0 Å². The summed E-state index contributed by atoms with van der Waals surface area (Å²) in [5.41, 5.74) is -1.01. The third-order valence-corrected chi connectivity index (χ3v) is 1.91. The van der Waals surface area contributed by atoms with Crippen molar-refractivity contribution in [3.05, 3.63) is 12.2 Å². The first-order chi connectivity index (χ1) is 7.09. The Morgan fingerprint density at radius 2 is 1.75 bits per heavy atom. The SMILES string of the molecule is C=C(C)C(=O)OC(C)(C)COC(C)(C)CO. The fraction of sp³-hybridized carbons (Fsp3) is 0.750. The number of esters is 1. The lowest BCUT2D eigenvalue weighted by molar-refractivity contribution is -0.166. The van der Waals surface area contributed by atoms with Crippen molar-refractivity contribution in [2.75, 3.05) is 13.2 Å². The van der Waals surface area contributed by atoms with Crippen molar-refractivity contribution in [1.82, 2.24) is 0 Å². The van der Waals surface area contributed by atoms with Crippen molar-refractivity contribution >= 4 is 5.97 Å². The molecule has 0 aliphatic rings. The smallest absolute Gasteiger partial charge is 0.333 e. The van der Waals surface area contributed by atoms with Crippen LogP contribution in [-0.2, 0) is 14.3 Å². The van der Waals surface area contributed by atoms with Crippen LogP contribution in [0.25, 0.3) is 0 Å². The van der Waals surface area contributed by atoms with Gasteiger partial charge in [-0.05, 0) is 34.6 Å². The summed E-state index contributed by atoms with van der Waals surface area (Å²) >= 11 is 0. The van der Waals surface area contributed by atoms with Crippen molar-refractivity contribution in [2.45, 2.75) is 45.8 Å². The van der Waals surface area contributed by atoms with Crippen LogP contribution in [0.4, 0.5) is 0 Å². The van der Waals surface area contributed by atoms with Crippen molar-refractivity contribution < 1.29 is 19.4 Å². The van der Waals surface area contributed by atoms with E-state index in [-0.39, 0.29) is 13.2 Å². The lowest BCUT2D eigenvalue weighted by Gasteiger charge is -2.30. The molecular formula is C12H22O4. The summed E-state index contributed by atoms with van der Waals surface area (Å²) in [7, 11) is 0.